The summed E-state index contributed by atoms with van der Waals surface area (Å²) in [6, 6.07) is 0. The fraction of sp³-hybridized carbons (Fsp3) is 0.933. The summed E-state index contributed by atoms with van der Waals surface area (Å²) in [4.78, 5) is 13.8. The van der Waals surface area contributed by atoms with Crippen LogP contribution in [0.5, 0.6) is 0 Å². The molecule has 0 rings (SSSR count). The van der Waals surface area contributed by atoms with E-state index >= 15 is 0 Å². The third-order valence-electron chi connectivity index (χ3n) is 3.22. The van der Waals surface area contributed by atoms with Crippen LogP contribution in [0.2, 0.25) is 0 Å². The van der Waals surface area contributed by atoms with Gasteiger partial charge in [-0.15, -0.1) is 0 Å². The molecule has 0 heterocycles. The van der Waals surface area contributed by atoms with Crippen LogP contribution in [0.25, 0.3) is 0 Å². The van der Waals surface area contributed by atoms with Gasteiger partial charge in [0.1, 0.15) is 0 Å². The molecule has 0 fully saturated rings. The average molecular weight is 241 g/mol. The molecular formula is C15H31NO. The maximum atomic E-state index is 11.8. The van der Waals surface area contributed by atoms with Gasteiger partial charge in [0.2, 0.25) is 5.91 Å². The van der Waals surface area contributed by atoms with Gasteiger partial charge in [-0.1, -0.05) is 52.4 Å². The third kappa shape index (κ3) is 9.20. The normalized spacial score (nSPS) is 10.5. The number of carbonyl (C=O) groups excluding carboxylic acids is 1. The minimum Gasteiger partial charge on any atom is -0.343 e. The average Bonchev–Trinajstić information content (AvgIpc) is 2.34. The number of hydrogen-bond donors (Lipinski definition) is 0. The predicted molar refractivity (Wildman–Crippen MR) is 75.2 cm³/mol. The van der Waals surface area contributed by atoms with Gasteiger partial charge in [0, 0.05) is 19.5 Å². The predicted octanol–water partition coefficient (Wildman–Crippen LogP) is 4.39. The van der Waals surface area contributed by atoms with E-state index in [1.807, 2.05) is 4.90 Å². The van der Waals surface area contributed by atoms with Crippen LogP contribution in [0.15, 0.2) is 0 Å². The van der Waals surface area contributed by atoms with Crippen LogP contribution >= 0.6 is 0 Å². The summed E-state index contributed by atoms with van der Waals surface area (Å²) >= 11 is 0. The lowest BCUT2D eigenvalue weighted by atomic mass is 10.1. The van der Waals surface area contributed by atoms with Crippen LogP contribution in [0.4, 0.5) is 0 Å². The summed E-state index contributed by atoms with van der Waals surface area (Å²) in [7, 11) is 0. The summed E-state index contributed by atoms with van der Waals surface area (Å²) < 4.78 is 0. The molecule has 1 amide bonds. The van der Waals surface area contributed by atoms with E-state index in [2.05, 4.69) is 20.8 Å². The number of hydrogen-bond acceptors (Lipinski definition) is 1. The van der Waals surface area contributed by atoms with Crippen molar-refractivity contribution in [1.82, 2.24) is 4.90 Å². The van der Waals surface area contributed by atoms with Crippen molar-refractivity contribution in [2.45, 2.75) is 78.6 Å². The molecule has 0 aromatic heterocycles. The van der Waals surface area contributed by atoms with E-state index in [4.69, 9.17) is 0 Å². The highest BCUT2D eigenvalue weighted by molar-refractivity contribution is 5.76. The van der Waals surface area contributed by atoms with Gasteiger partial charge in [-0.25, -0.2) is 0 Å². The van der Waals surface area contributed by atoms with E-state index in [9.17, 15) is 4.79 Å². The maximum absolute atomic E-state index is 11.8. The molecule has 102 valence electrons. The second kappa shape index (κ2) is 11.9. The van der Waals surface area contributed by atoms with Crippen molar-refractivity contribution < 1.29 is 4.79 Å². The molecule has 2 heteroatoms. The van der Waals surface area contributed by atoms with E-state index in [0.29, 0.717) is 5.91 Å². The minimum absolute atomic E-state index is 0.350. The maximum Gasteiger partial charge on any atom is 0.222 e. The van der Waals surface area contributed by atoms with Crippen LogP contribution in [-0.2, 0) is 4.79 Å². The summed E-state index contributed by atoms with van der Waals surface area (Å²) in [5.74, 6) is 0.350. The second-order valence-corrected chi connectivity index (χ2v) is 4.84. The molecule has 0 bridgehead atoms. The zero-order valence-corrected chi connectivity index (χ0v) is 12.1. The first-order valence-corrected chi connectivity index (χ1v) is 7.54. The Morgan fingerprint density at radius 2 is 1.41 bits per heavy atom. The molecule has 0 spiro atoms. The van der Waals surface area contributed by atoms with Gasteiger partial charge in [-0.05, 0) is 19.8 Å². The smallest absolute Gasteiger partial charge is 0.222 e. The highest BCUT2D eigenvalue weighted by Gasteiger charge is 2.09. The Kier molecular flexibility index (Phi) is 11.6. The molecule has 0 aliphatic carbocycles. The van der Waals surface area contributed by atoms with Crippen molar-refractivity contribution in [2.24, 2.45) is 0 Å². The van der Waals surface area contributed by atoms with Gasteiger partial charge in [-0.3, -0.25) is 4.79 Å². The first-order valence-electron chi connectivity index (χ1n) is 7.54. The molecule has 0 N–H and O–H groups in total. The first-order chi connectivity index (χ1) is 8.26. The lowest BCUT2D eigenvalue weighted by Gasteiger charge is -2.19. The molecule has 0 saturated carbocycles. The van der Waals surface area contributed by atoms with Gasteiger partial charge in [0.15, 0.2) is 0 Å². The molecule has 17 heavy (non-hydrogen) atoms. The van der Waals surface area contributed by atoms with Gasteiger partial charge in [0.05, 0.1) is 0 Å². The molecular weight excluding hydrogens is 210 g/mol. The number of nitrogens with zero attached hydrogens (tertiary/aromatic N) is 1. The largest absolute Gasteiger partial charge is 0.343 e. The lowest BCUT2D eigenvalue weighted by molar-refractivity contribution is -0.131. The highest BCUT2D eigenvalue weighted by Crippen LogP contribution is 2.09. The van der Waals surface area contributed by atoms with Gasteiger partial charge in [-0.2, -0.15) is 0 Å². The molecule has 0 unspecified atom stereocenters. The van der Waals surface area contributed by atoms with E-state index < -0.39 is 0 Å². The first kappa shape index (κ1) is 16.5. The number of amides is 1. The minimum atomic E-state index is 0.350. The summed E-state index contributed by atoms with van der Waals surface area (Å²) in [6.07, 6.45) is 10.8. The van der Waals surface area contributed by atoms with E-state index in [0.717, 1.165) is 32.4 Å². The number of rotatable bonds is 11. The SMILES string of the molecule is CCCCCCCCCC(=O)N(CC)CCC. The Morgan fingerprint density at radius 1 is 0.824 bits per heavy atom. The van der Waals surface area contributed by atoms with Gasteiger partial charge < -0.3 is 4.90 Å². The highest BCUT2D eigenvalue weighted by atomic mass is 16.2. The Hall–Kier alpha value is -0.530. The van der Waals surface area contributed by atoms with Crippen molar-refractivity contribution in [1.29, 1.82) is 0 Å². The molecule has 0 saturated heterocycles. The van der Waals surface area contributed by atoms with Crippen LogP contribution in [0.1, 0.15) is 78.6 Å². The van der Waals surface area contributed by atoms with Crippen molar-refractivity contribution in [3.05, 3.63) is 0 Å². The zero-order chi connectivity index (χ0) is 12.9. The number of carbonyl (C=O) groups is 1. The van der Waals surface area contributed by atoms with Crippen molar-refractivity contribution in [2.75, 3.05) is 13.1 Å². The molecule has 0 radical (unpaired) electrons. The van der Waals surface area contributed by atoms with Crippen molar-refractivity contribution >= 4 is 5.91 Å². The summed E-state index contributed by atoms with van der Waals surface area (Å²) in [6.45, 7) is 8.22. The quantitative estimate of drug-likeness (QED) is 0.491. The van der Waals surface area contributed by atoms with Crippen molar-refractivity contribution in [3.63, 3.8) is 0 Å². The second-order valence-electron chi connectivity index (χ2n) is 4.84. The van der Waals surface area contributed by atoms with Gasteiger partial charge in [0.25, 0.3) is 0 Å². The molecule has 0 atom stereocenters. The molecule has 0 aliphatic heterocycles. The molecule has 2 nitrogen and oxygen atoms in total. The zero-order valence-electron chi connectivity index (χ0n) is 12.1. The molecule has 0 aromatic rings. The lowest BCUT2D eigenvalue weighted by Crippen LogP contribution is -2.31. The summed E-state index contributed by atoms with van der Waals surface area (Å²) in [5, 5.41) is 0. The molecule has 0 aromatic carbocycles. The Morgan fingerprint density at radius 3 is 1.94 bits per heavy atom. The Balaban J connectivity index is 3.43. The fourth-order valence-corrected chi connectivity index (χ4v) is 2.12. The fourth-order valence-electron chi connectivity index (χ4n) is 2.12. The third-order valence-corrected chi connectivity index (χ3v) is 3.22. The van der Waals surface area contributed by atoms with E-state index in [-0.39, 0.29) is 0 Å². The topological polar surface area (TPSA) is 20.3 Å². The Labute approximate surface area is 108 Å². The monoisotopic (exact) mass is 241 g/mol. The standard InChI is InChI=1S/C15H31NO/c1-4-7-8-9-10-11-12-13-15(17)16(6-3)14-5-2/h4-14H2,1-3H3. The van der Waals surface area contributed by atoms with Crippen LogP contribution in [0, 0.1) is 0 Å². The van der Waals surface area contributed by atoms with Crippen LogP contribution < -0.4 is 0 Å². The summed E-state index contributed by atoms with van der Waals surface area (Å²) in [5.41, 5.74) is 0. The van der Waals surface area contributed by atoms with Crippen LogP contribution in [0.3, 0.4) is 0 Å². The van der Waals surface area contributed by atoms with E-state index in [1.165, 1.54) is 38.5 Å². The van der Waals surface area contributed by atoms with Crippen LogP contribution in [-0.4, -0.2) is 23.9 Å². The number of unbranched alkanes of at least 4 members (excludes halogenated alkanes) is 6. The van der Waals surface area contributed by atoms with Crippen molar-refractivity contribution in [3.8, 4) is 0 Å². The van der Waals surface area contributed by atoms with Gasteiger partial charge >= 0.3 is 0 Å². The molecule has 0 aliphatic rings. The Bertz CT molecular complexity index is 180. The van der Waals surface area contributed by atoms with E-state index in [1.54, 1.807) is 0 Å².